The third-order valence-electron chi connectivity index (χ3n) is 3.34. The summed E-state index contributed by atoms with van der Waals surface area (Å²) < 4.78 is 3.35. The van der Waals surface area contributed by atoms with Crippen molar-refractivity contribution in [2.75, 3.05) is 6.54 Å². The molecule has 0 saturated carbocycles. The van der Waals surface area contributed by atoms with E-state index in [0.717, 1.165) is 16.6 Å². The Kier molecular flexibility index (Phi) is 3.49. The Bertz CT molecular complexity index is 788. The summed E-state index contributed by atoms with van der Waals surface area (Å²) in [4.78, 5) is 12.3. The highest BCUT2D eigenvalue weighted by molar-refractivity contribution is 5.97. The number of carbonyl (C=O) groups is 1. The number of nitrogens with zero attached hydrogens (tertiary/aromatic N) is 5. The van der Waals surface area contributed by atoms with Crippen LogP contribution in [0.25, 0.3) is 10.9 Å². The molecule has 0 aliphatic heterocycles. The van der Waals surface area contributed by atoms with E-state index >= 15 is 0 Å². The summed E-state index contributed by atoms with van der Waals surface area (Å²) in [5, 5.41) is 13.2. The highest BCUT2D eigenvalue weighted by Gasteiger charge is 2.16. The normalized spacial score (nSPS) is 11.1. The van der Waals surface area contributed by atoms with Crippen LogP contribution in [-0.4, -0.2) is 37.1 Å². The van der Waals surface area contributed by atoms with Crippen LogP contribution in [0.5, 0.6) is 0 Å². The fourth-order valence-corrected chi connectivity index (χ4v) is 2.33. The minimum atomic E-state index is -0.0953. The summed E-state index contributed by atoms with van der Waals surface area (Å²) in [6.07, 6.45) is 1.84. The zero-order valence-corrected chi connectivity index (χ0v) is 11.7. The number of hydrogen-bond acceptors (Lipinski definition) is 5. The lowest BCUT2D eigenvalue weighted by molar-refractivity contribution is 0.0987. The number of carbonyl (C=O) groups excluding carboxylic acids is 1. The third-order valence-corrected chi connectivity index (χ3v) is 3.34. The van der Waals surface area contributed by atoms with Gasteiger partial charge < -0.3 is 5.73 Å². The smallest absolute Gasteiger partial charge is 0.190 e. The van der Waals surface area contributed by atoms with Gasteiger partial charge in [-0.25, -0.2) is 0 Å². The van der Waals surface area contributed by atoms with Gasteiger partial charge >= 0.3 is 0 Å². The number of nitrogens with two attached hydrogens (primary N) is 1. The van der Waals surface area contributed by atoms with Gasteiger partial charge in [0, 0.05) is 19.0 Å². The van der Waals surface area contributed by atoms with Gasteiger partial charge in [0.25, 0.3) is 0 Å². The van der Waals surface area contributed by atoms with Gasteiger partial charge in [-0.2, -0.15) is 5.10 Å². The molecule has 0 amide bonds. The second-order valence-electron chi connectivity index (χ2n) is 4.84. The molecule has 2 aromatic heterocycles. The van der Waals surface area contributed by atoms with Crippen LogP contribution in [0.4, 0.5) is 0 Å². The fourth-order valence-electron chi connectivity index (χ4n) is 2.33. The van der Waals surface area contributed by atoms with Crippen molar-refractivity contribution >= 4 is 16.7 Å². The molecule has 0 bridgehead atoms. The standard InChI is InChI=1S/C14H16N6O/c1-19-13-5-3-2-4-10(13)11(17-19)8-14(21)12-9-20(7-6-15)18-16-12/h2-5,9H,6-8,15H2,1H3. The Labute approximate surface area is 121 Å². The van der Waals surface area contributed by atoms with Crippen LogP contribution in [0.1, 0.15) is 16.2 Å². The molecule has 3 rings (SSSR count). The number of fused-ring (bicyclic) bond motifs is 1. The molecule has 0 unspecified atom stereocenters. The SMILES string of the molecule is Cn1nc(CC(=O)c2cn(CCN)nn2)c2ccccc21. The Morgan fingerprint density at radius 3 is 2.95 bits per heavy atom. The van der Waals surface area contributed by atoms with E-state index in [1.54, 1.807) is 15.6 Å². The second kappa shape index (κ2) is 5.45. The second-order valence-corrected chi connectivity index (χ2v) is 4.84. The summed E-state index contributed by atoms with van der Waals surface area (Å²) in [5.74, 6) is -0.0953. The topological polar surface area (TPSA) is 91.6 Å². The average molecular weight is 284 g/mol. The quantitative estimate of drug-likeness (QED) is 0.691. The number of hydrogen-bond donors (Lipinski definition) is 1. The van der Waals surface area contributed by atoms with Crippen molar-refractivity contribution in [3.05, 3.63) is 41.9 Å². The lowest BCUT2D eigenvalue weighted by atomic mass is 10.1. The Balaban J connectivity index is 1.85. The van der Waals surface area contributed by atoms with Crippen molar-refractivity contribution in [2.24, 2.45) is 12.8 Å². The summed E-state index contributed by atoms with van der Waals surface area (Å²) in [7, 11) is 1.87. The first-order valence-corrected chi connectivity index (χ1v) is 6.73. The van der Waals surface area contributed by atoms with Crippen LogP contribution in [0, 0.1) is 0 Å². The van der Waals surface area contributed by atoms with E-state index in [1.165, 1.54) is 0 Å². The van der Waals surface area contributed by atoms with Gasteiger partial charge in [-0.15, -0.1) is 5.10 Å². The molecule has 0 atom stereocenters. The van der Waals surface area contributed by atoms with Crippen molar-refractivity contribution in [2.45, 2.75) is 13.0 Å². The molecule has 108 valence electrons. The summed E-state index contributed by atoms with van der Waals surface area (Å²) >= 11 is 0. The molecule has 0 radical (unpaired) electrons. The molecule has 7 heteroatoms. The number of ketones is 1. The molecule has 3 aromatic rings. The molecule has 21 heavy (non-hydrogen) atoms. The molecule has 2 N–H and O–H groups in total. The predicted octanol–water partition coefficient (Wildman–Crippen LogP) is 0.549. The summed E-state index contributed by atoms with van der Waals surface area (Å²) in [6.45, 7) is 1.01. The largest absolute Gasteiger partial charge is 0.329 e. The molecule has 0 saturated heterocycles. The van der Waals surface area contributed by atoms with Crippen LogP contribution in [0.3, 0.4) is 0 Å². The van der Waals surface area contributed by atoms with Crippen molar-refractivity contribution in [3.63, 3.8) is 0 Å². The van der Waals surface area contributed by atoms with Gasteiger partial charge in [0.2, 0.25) is 0 Å². The zero-order chi connectivity index (χ0) is 14.8. The number of aryl methyl sites for hydroxylation is 1. The molecule has 0 fully saturated rings. The first kappa shape index (κ1) is 13.4. The van der Waals surface area contributed by atoms with Gasteiger partial charge in [0.05, 0.1) is 30.4 Å². The number of aromatic nitrogens is 5. The fraction of sp³-hybridized carbons (Fsp3) is 0.286. The van der Waals surface area contributed by atoms with Crippen LogP contribution in [0.2, 0.25) is 0 Å². The maximum absolute atomic E-state index is 12.3. The first-order valence-electron chi connectivity index (χ1n) is 6.73. The van der Waals surface area contributed by atoms with E-state index in [9.17, 15) is 4.79 Å². The zero-order valence-electron chi connectivity index (χ0n) is 11.7. The van der Waals surface area contributed by atoms with Crippen LogP contribution >= 0.6 is 0 Å². The van der Waals surface area contributed by atoms with Crippen molar-refractivity contribution in [3.8, 4) is 0 Å². The maximum atomic E-state index is 12.3. The summed E-state index contributed by atoms with van der Waals surface area (Å²) in [6, 6.07) is 7.84. The molecular weight excluding hydrogens is 268 g/mol. The van der Waals surface area contributed by atoms with E-state index in [4.69, 9.17) is 5.73 Å². The van der Waals surface area contributed by atoms with Crippen molar-refractivity contribution in [1.82, 2.24) is 24.8 Å². The molecular formula is C14H16N6O. The minimum Gasteiger partial charge on any atom is -0.329 e. The molecule has 1 aromatic carbocycles. The lowest BCUT2D eigenvalue weighted by Gasteiger charge is -1.95. The van der Waals surface area contributed by atoms with E-state index < -0.39 is 0 Å². The van der Waals surface area contributed by atoms with E-state index in [1.807, 2.05) is 31.3 Å². The summed E-state index contributed by atoms with van der Waals surface area (Å²) in [5.41, 5.74) is 7.56. The highest BCUT2D eigenvalue weighted by Crippen LogP contribution is 2.18. The first-order chi connectivity index (χ1) is 10.2. The van der Waals surface area contributed by atoms with E-state index in [2.05, 4.69) is 15.4 Å². The third kappa shape index (κ3) is 2.55. The Hall–Kier alpha value is -2.54. The molecule has 2 heterocycles. The number of rotatable bonds is 5. The van der Waals surface area contributed by atoms with Gasteiger partial charge in [-0.05, 0) is 6.07 Å². The van der Waals surface area contributed by atoms with Gasteiger partial charge in [-0.3, -0.25) is 14.2 Å². The van der Waals surface area contributed by atoms with Gasteiger partial charge in [0.15, 0.2) is 5.78 Å². The lowest BCUT2D eigenvalue weighted by Crippen LogP contribution is -2.10. The Morgan fingerprint density at radius 2 is 2.14 bits per heavy atom. The van der Waals surface area contributed by atoms with Crippen LogP contribution in [-0.2, 0) is 20.0 Å². The number of para-hydroxylation sites is 1. The average Bonchev–Trinajstić information content (AvgIpc) is 3.06. The molecule has 0 spiro atoms. The maximum Gasteiger partial charge on any atom is 0.190 e. The monoisotopic (exact) mass is 284 g/mol. The molecule has 0 aliphatic rings. The number of Topliss-reactive ketones (excluding diaryl/α,β-unsaturated/α-hetero) is 1. The van der Waals surface area contributed by atoms with E-state index in [0.29, 0.717) is 18.8 Å². The molecule has 7 nitrogen and oxygen atoms in total. The van der Waals surface area contributed by atoms with Crippen LogP contribution < -0.4 is 5.73 Å². The van der Waals surface area contributed by atoms with Crippen LogP contribution in [0.15, 0.2) is 30.5 Å². The van der Waals surface area contributed by atoms with Gasteiger partial charge in [0.1, 0.15) is 5.69 Å². The predicted molar refractivity (Wildman–Crippen MR) is 77.8 cm³/mol. The molecule has 0 aliphatic carbocycles. The minimum absolute atomic E-state index is 0.0953. The Morgan fingerprint density at radius 1 is 1.33 bits per heavy atom. The van der Waals surface area contributed by atoms with E-state index in [-0.39, 0.29) is 12.2 Å². The van der Waals surface area contributed by atoms with Gasteiger partial charge in [-0.1, -0.05) is 23.4 Å². The van der Waals surface area contributed by atoms with Crippen molar-refractivity contribution < 1.29 is 4.79 Å². The number of benzene rings is 1. The highest BCUT2D eigenvalue weighted by atomic mass is 16.1. The van der Waals surface area contributed by atoms with Crippen molar-refractivity contribution in [1.29, 1.82) is 0 Å².